The Balaban J connectivity index is 2.19. The third kappa shape index (κ3) is 3.22. The van der Waals surface area contributed by atoms with Crippen molar-refractivity contribution in [3.05, 3.63) is 59.2 Å². The highest BCUT2D eigenvalue weighted by molar-refractivity contribution is 5.75. The van der Waals surface area contributed by atoms with Crippen LogP contribution in [0.5, 0.6) is 11.5 Å². The molecular formula is C17H18O2. The van der Waals surface area contributed by atoms with Gasteiger partial charge in [0.1, 0.15) is 17.8 Å². The number of ether oxygens (including phenoxy) is 1. The van der Waals surface area contributed by atoms with Gasteiger partial charge in [0.05, 0.1) is 0 Å². The number of aryl methyl sites for hydroxylation is 1. The molecule has 0 aliphatic rings. The lowest BCUT2D eigenvalue weighted by atomic mass is 10.0. The quantitative estimate of drug-likeness (QED) is 0.738. The first-order chi connectivity index (χ1) is 9.10. The standard InChI is InChI=1S/C17H18O2/c1-12(2)15-5-7-16(8-6-15)19-17-9-4-14(11-18)10-13(17)3/h4-12H,1-3H3. The molecule has 0 amide bonds. The molecule has 0 radical (unpaired) electrons. The van der Waals surface area contributed by atoms with Crippen LogP contribution in [0.15, 0.2) is 42.5 Å². The van der Waals surface area contributed by atoms with Gasteiger partial charge in [0.25, 0.3) is 0 Å². The van der Waals surface area contributed by atoms with Gasteiger partial charge in [-0.05, 0) is 54.3 Å². The molecule has 0 fully saturated rings. The zero-order chi connectivity index (χ0) is 13.8. The Morgan fingerprint density at radius 3 is 2.26 bits per heavy atom. The van der Waals surface area contributed by atoms with E-state index in [2.05, 4.69) is 26.0 Å². The van der Waals surface area contributed by atoms with Gasteiger partial charge in [-0.1, -0.05) is 26.0 Å². The maximum atomic E-state index is 10.7. The second-order valence-electron chi connectivity index (χ2n) is 4.97. The van der Waals surface area contributed by atoms with Gasteiger partial charge >= 0.3 is 0 Å². The molecule has 2 heteroatoms. The summed E-state index contributed by atoms with van der Waals surface area (Å²) >= 11 is 0. The predicted molar refractivity (Wildman–Crippen MR) is 77.2 cm³/mol. The number of benzene rings is 2. The number of hydrogen-bond donors (Lipinski definition) is 0. The third-order valence-corrected chi connectivity index (χ3v) is 3.11. The first-order valence-electron chi connectivity index (χ1n) is 6.44. The van der Waals surface area contributed by atoms with E-state index in [9.17, 15) is 4.79 Å². The van der Waals surface area contributed by atoms with E-state index >= 15 is 0 Å². The molecule has 0 aliphatic carbocycles. The van der Waals surface area contributed by atoms with Crippen molar-refractivity contribution in [2.24, 2.45) is 0 Å². The van der Waals surface area contributed by atoms with Crippen LogP contribution < -0.4 is 4.74 Å². The van der Waals surface area contributed by atoms with E-state index in [1.54, 1.807) is 6.07 Å². The lowest BCUT2D eigenvalue weighted by Crippen LogP contribution is -1.91. The van der Waals surface area contributed by atoms with Crippen molar-refractivity contribution >= 4 is 6.29 Å². The summed E-state index contributed by atoms with van der Waals surface area (Å²) in [5.74, 6) is 2.11. The van der Waals surface area contributed by atoms with E-state index < -0.39 is 0 Å². The van der Waals surface area contributed by atoms with Crippen LogP contribution in [-0.4, -0.2) is 6.29 Å². The molecule has 0 heterocycles. The molecule has 0 spiro atoms. The summed E-state index contributed by atoms with van der Waals surface area (Å²) in [7, 11) is 0. The number of carbonyl (C=O) groups is 1. The number of rotatable bonds is 4. The molecule has 0 aromatic heterocycles. The molecule has 2 aromatic rings. The molecule has 2 nitrogen and oxygen atoms in total. The molecule has 0 unspecified atom stereocenters. The Morgan fingerprint density at radius 2 is 1.74 bits per heavy atom. The summed E-state index contributed by atoms with van der Waals surface area (Å²) in [6.07, 6.45) is 0.841. The topological polar surface area (TPSA) is 26.3 Å². The normalized spacial score (nSPS) is 10.5. The molecule has 0 saturated heterocycles. The van der Waals surface area contributed by atoms with Crippen LogP contribution >= 0.6 is 0 Å². The van der Waals surface area contributed by atoms with Crippen molar-refractivity contribution in [1.82, 2.24) is 0 Å². The molecule has 2 aromatic carbocycles. The van der Waals surface area contributed by atoms with E-state index in [0.29, 0.717) is 11.5 Å². The molecule has 19 heavy (non-hydrogen) atoms. The first kappa shape index (κ1) is 13.3. The molecule has 0 saturated carbocycles. The Kier molecular flexibility index (Phi) is 4.00. The highest BCUT2D eigenvalue weighted by Crippen LogP contribution is 2.26. The molecule has 2 rings (SSSR count). The zero-order valence-electron chi connectivity index (χ0n) is 11.5. The van der Waals surface area contributed by atoms with Crippen molar-refractivity contribution in [3.63, 3.8) is 0 Å². The fourth-order valence-electron chi connectivity index (χ4n) is 1.91. The summed E-state index contributed by atoms with van der Waals surface area (Å²) < 4.78 is 5.83. The van der Waals surface area contributed by atoms with Crippen LogP contribution in [-0.2, 0) is 0 Å². The maximum absolute atomic E-state index is 10.7. The van der Waals surface area contributed by atoms with Crippen LogP contribution in [0.2, 0.25) is 0 Å². The average Bonchev–Trinajstić information content (AvgIpc) is 2.41. The molecule has 0 atom stereocenters. The summed E-state index contributed by atoms with van der Waals surface area (Å²) in [5.41, 5.74) is 2.91. The monoisotopic (exact) mass is 254 g/mol. The summed E-state index contributed by atoms with van der Waals surface area (Å²) in [6.45, 7) is 6.27. The van der Waals surface area contributed by atoms with E-state index in [0.717, 1.165) is 23.3 Å². The van der Waals surface area contributed by atoms with Crippen molar-refractivity contribution < 1.29 is 9.53 Å². The van der Waals surface area contributed by atoms with Gasteiger partial charge in [0, 0.05) is 5.56 Å². The predicted octanol–water partition coefficient (Wildman–Crippen LogP) is 4.72. The van der Waals surface area contributed by atoms with Gasteiger partial charge < -0.3 is 4.74 Å². The minimum atomic E-state index is 0.516. The van der Waals surface area contributed by atoms with E-state index in [-0.39, 0.29) is 0 Å². The van der Waals surface area contributed by atoms with Gasteiger partial charge in [0.2, 0.25) is 0 Å². The van der Waals surface area contributed by atoms with Gasteiger partial charge in [0.15, 0.2) is 0 Å². The Hall–Kier alpha value is -2.09. The minimum Gasteiger partial charge on any atom is -0.457 e. The fourth-order valence-corrected chi connectivity index (χ4v) is 1.91. The second kappa shape index (κ2) is 5.70. The van der Waals surface area contributed by atoms with E-state index in [1.807, 2.05) is 31.2 Å². The molecule has 98 valence electrons. The van der Waals surface area contributed by atoms with Gasteiger partial charge in [-0.25, -0.2) is 0 Å². The van der Waals surface area contributed by atoms with Gasteiger partial charge in [-0.3, -0.25) is 4.79 Å². The molecule has 0 bridgehead atoms. The molecular weight excluding hydrogens is 236 g/mol. The average molecular weight is 254 g/mol. The van der Waals surface area contributed by atoms with E-state index in [4.69, 9.17) is 4.74 Å². The van der Waals surface area contributed by atoms with Crippen LogP contribution in [0.3, 0.4) is 0 Å². The smallest absolute Gasteiger partial charge is 0.150 e. The lowest BCUT2D eigenvalue weighted by Gasteiger charge is -2.10. The maximum Gasteiger partial charge on any atom is 0.150 e. The summed E-state index contributed by atoms with van der Waals surface area (Å²) in [4.78, 5) is 10.7. The van der Waals surface area contributed by atoms with Gasteiger partial charge in [-0.15, -0.1) is 0 Å². The van der Waals surface area contributed by atoms with Crippen LogP contribution in [0.1, 0.15) is 41.3 Å². The number of aldehydes is 1. The van der Waals surface area contributed by atoms with Crippen LogP contribution in [0.4, 0.5) is 0 Å². The van der Waals surface area contributed by atoms with E-state index in [1.165, 1.54) is 5.56 Å². The fraction of sp³-hybridized carbons (Fsp3) is 0.235. The lowest BCUT2D eigenvalue weighted by molar-refractivity contribution is 0.112. The van der Waals surface area contributed by atoms with Crippen molar-refractivity contribution in [2.45, 2.75) is 26.7 Å². The van der Waals surface area contributed by atoms with Crippen molar-refractivity contribution in [3.8, 4) is 11.5 Å². The first-order valence-corrected chi connectivity index (χ1v) is 6.44. The van der Waals surface area contributed by atoms with Crippen molar-refractivity contribution in [1.29, 1.82) is 0 Å². The highest BCUT2D eigenvalue weighted by atomic mass is 16.5. The minimum absolute atomic E-state index is 0.516. The Bertz CT molecular complexity index is 568. The second-order valence-corrected chi connectivity index (χ2v) is 4.97. The molecule has 0 N–H and O–H groups in total. The zero-order valence-corrected chi connectivity index (χ0v) is 11.5. The van der Waals surface area contributed by atoms with Gasteiger partial charge in [-0.2, -0.15) is 0 Å². The van der Waals surface area contributed by atoms with Crippen molar-refractivity contribution in [2.75, 3.05) is 0 Å². The summed E-state index contributed by atoms with van der Waals surface area (Å²) in [5, 5.41) is 0. The third-order valence-electron chi connectivity index (χ3n) is 3.11. The number of hydrogen-bond acceptors (Lipinski definition) is 2. The largest absolute Gasteiger partial charge is 0.457 e. The summed E-state index contributed by atoms with van der Waals surface area (Å²) in [6, 6.07) is 13.5. The Labute approximate surface area is 114 Å². The SMILES string of the molecule is Cc1cc(C=O)ccc1Oc1ccc(C(C)C)cc1. The van der Waals surface area contributed by atoms with Crippen LogP contribution in [0, 0.1) is 6.92 Å². The Morgan fingerprint density at radius 1 is 1.05 bits per heavy atom. The number of carbonyl (C=O) groups excluding carboxylic acids is 1. The highest BCUT2D eigenvalue weighted by Gasteiger charge is 2.04. The van der Waals surface area contributed by atoms with Crippen LogP contribution in [0.25, 0.3) is 0 Å². The molecule has 0 aliphatic heterocycles.